The Labute approximate surface area is 160 Å². The number of rotatable bonds is 3. The molecule has 0 fully saturated rings. The molecule has 2 heterocycles. The Morgan fingerprint density at radius 2 is 1.92 bits per heavy atom. The van der Waals surface area contributed by atoms with Gasteiger partial charge in [-0.3, -0.25) is 4.79 Å². The summed E-state index contributed by atoms with van der Waals surface area (Å²) >= 11 is 13.7. The zero-order valence-electron chi connectivity index (χ0n) is 14.0. The van der Waals surface area contributed by atoms with Gasteiger partial charge in [-0.15, -0.1) is 11.3 Å². The van der Waals surface area contributed by atoms with Crippen molar-refractivity contribution in [1.82, 2.24) is 15.1 Å². The fourth-order valence-electron chi connectivity index (χ4n) is 2.31. The van der Waals surface area contributed by atoms with Gasteiger partial charge in [0.15, 0.2) is 0 Å². The summed E-state index contributed by atoms with van der Waals surface area (Å²) in [5.41, 5.74) is 1.50. The molecule has 2 aromatic heterocycles. The molecule has 0 radical (unpaired) electrons. The molecule has 7 heteroatoms. The van der Waals surface area contributed by atoms with E-state index in [4.69, 9.17) is 23.2 Å². The first-order valence-electron chi connectivity index (χ1n) is 7.66. The number of hydrogen-bond donors (Lipinski definition) is 1. The van der Waals surface area contributed by atoms with E-state index in [2.05, 4.69) is 10.4 Å². The van der Waals surface area contributed by atoms with Crippen LogP contribution in [-0.4, -0.2) is 21.2 Å². The lowest BCUT2D eigenvalue weighted by Crippen LogP contribution is -2.41. The van der Waals surface area contributed by atoms with E-state index < -0.39 is 0 Å². The van der Waals surface area contributed by atoms with Gasteiger partial charge in [0.1, 0.15) is 11.4 Å². The number of amides is 1. The first kappa shape index (κ1) is 18.0. The molecule has 0 aliphatic rings. The van der Waals surface area contributed by atoms with Crippen molar-refractivity contribution in [2.75, 3.05) is 0 Å². The minimum Gasteiger partial charge on any atom is -0.346 e. The van der Waals surface area contributed by atoms with Crippen molar-refractivity contribution in [3.05, 3.63) is 57.5 Å². The standard InChI is InChI=1S/C18H17Cl2N3OS/c1-18(2,3)21-17(24)15-10-14(16-5-4-8-25-16)22-23(15)11-6-7-12(19)13(20)9-11/h4-10H,1-3H3,(H,21,24). The summed E-state index contributed by atoms with van der Waals surface area (Å²) in [6, 6.07) is 10.9. The Morgan fingerprint density at radius 3 is 2.52 bits per heavy atom. The molecular formula is C18H17Cl2N3OS. The van der Waals surface area contributed by atoms with Crippen LogP contribution in [0.3, 0.4) is 0 Å². The number of carbonyl (C=O) groups excluding carboxylic acids is 1. The van der Waals surface area contributed by atoms with Crippen molar-refractivity contribution in [2.24, 2.45) is 0 Å². The summed E-state index contributed by atoms with van der Waals surface area (Å²) in [5.74, 6) is -0.200. The number of carbonyl (C=O) groups is 1. The van der Waals surface area contributed by atoms with E-state index in [1.165, 1.54) is 0 Å². The molecule has 0 aliphatic carbocycles. The molecule has 3 aromatic rings. The van der Waals surface area contributed by atoms with Gasteiger partial charge < -0.3 is 5.32 Å². The molecule has 130 valence electrons. The lowest BCUT2D eigenvalue weighted by Gasteiger charge is -2.20. The molecule has 1 N–H and O–H groups in total. The molecule has 1 amide bonds. The predicted octanol–water partition coefficient (Wildman–Crippen LogP) is 5.44. The number of thiophene rings is 1. The minimum absolute atomic E-state index is 0.200. The summed E-state index contributed by atoms with van der Waals surface area (Å²) in [7, 11) is 0. The fraction of sp³-hybridized carbons (Fsp3) is 0.222. The maximum Gasteiger partial charge on any atom is 0.270 e. The van der Waals surface area contributed by atoms with Crippen LogP contribution in [0.15, 0.2) is 41.8 Å². The summed E-state index contributed by atoms with van der Waals surface area (Å²) in [6.45, 7) is 5.81. The highest BCUT2D eigenvalue weighted by atomic mass is 35.5. The smallest absolute Gasteiger partial charge is 0.270 e. The molecule has 3 rings (SSSR count). The topological polar surface area (TPSA) is 46.9 Å². The Bertz CT molecular complexity index is 911. The Morgan fingerprint density at radius 1 is 1.16 bits per heavy atom. The van der Waals surface area contributed by atoms with Crippen LogP contribution in [0.1, 0.15) is 31.3 Å². The lowest BCUT2D eigenvalue weighted by atomic mass is 10.1. The molecule has 0 spiro atoms. The fourth-order valence-corrected chi connectivity index (χ4v) is 3.28. The summed E-state index contributed by atoms with van der Waals surface area (Å²) in [4.78, 5) is 13.8. The van der Waals surface area contributed by atoms with E-state index in [1.54, 1.807) is 40.3 Å². The van der Waals surface area contributed by atoms with Crippen LogP contribution >= 0.6 is 34.5 Å². The van der Waals surface area contributed by atoms with E-state index in [0.717, 1.165) is 10.6 Å². The third-order valence-corrected chi connectivity index (χ3v) is 4.98. The van der Waals surface area contributed by atoms with E-state index in [1.807, 2.05) is 38.3 Å². The van der Waals surface area contributed by atoms with Crippen LogP contribution in [0, 0.1) is 0 Å². The highest BCUT2D eigenvalue weighted by Crippen LogP contribution is 2.28. The Hall–Kier alpha value is -1.82. The second-order valence-corrected chi connectivity index (χ2v) is 8.37. The highest BCUT2D eigenvalue weighted by Gasteiger charge is 2.22. The first-order valence-corrected chi connectivity index (χ1v) is 9.30. The zero-order valence-corrected chi connectivity index (χ0v) is 16.3. The van der Waals surface area contributed by atoms with Gasteiger partial charge in [-0.1, -0.05) is 29.3 Å². The summed E-state index contributed by atoms with van der Waals surface area (Å²) < 4.78 is 1.60. The molecule has 0 saturated heterocycles. The monoisotopic (exact) mass is 393 g/mol. The van der Waals surface area contributed by atoms with Gasteiger partial charge in [0, 0.05) is 5.54 Å². The minimum atomic E-state index is -0.354. The molecule has 25 heavy (non-hydrogen) atoms. The molecule has 0 bridgehead atoms. The molecule has 0 atom stereocenters. The number of hydrogen-bond acceptors (Lipinski definition) is 3. The SMILES string of the molecule is CC(C)(C)NC(=O)c1cc(-c2cccs2)nn1-c1ccc(Cl)c(Cl)c1. The van der Waals surface area contributed by atoms with Gasteiger partial charge in [0.2, 0.25) is 0 Å². The van der Waals surface area contributed by atoms with Crippen LogP contribution in [0.4, 0.5) is 0 Å². The van der Waals surface area contributed by atoms with Crippen LogP contribution in [0.2, 0.25) is 10.0 Å². The summed E-state index contributed by atoms with van der Waals surface area (Å²) in [5, 5.41) is 10.4. The van der Waals surface area contributed by atoms with Gasteiger partial charge in [-0.05, 0) is 56.5 Å². The zero-order chi connectivity index (χ0) is 18.2. The number of benzene rings is 1. The van der Waals surface area contributed by atoms with Crippen LogP contribution < -0.4 is 5.32 Å². The van der Waals surface area contributed by atoms with E-state index in [9.17, 15) is 4.79 Å². The first-order chi connectivity index (χ1) is 11.7. The Kier molecular flexibility index (Phi) is 4.91. The number of aromatic nitrogens is 2. The molecule has 4 nitrogen and oxygen atoms in total. The van der Waals surface area contributed by atoms with Crippen LogP contribution in [0.25, 0.3) is 16.3 Å². The maximum atomic E-state index is 12.8. The van der Waals surface area contributed by atoms with Crippen molar-refractivity contribution in [1.29, 1.82) is 0 Å². The van der Waals surface area contributed by atoms with Gasteiger partial charge in [-0.2, -0.15) is 5.10 Å². The second-order valence-electron chi connectivity index (χ2n) is 6.61. The van der Waals surface area contributed by atoms with Crippen molar-refractivity contribution in [3.8, 4) is 16.3 Å². The van der Waals surface area contributed by atoms with Crippen molar-refractivity contribution in [3.63, 3.8) is 0 Å². The Balaban J connectivity index is 2.11. The number of halogens is 2. The average Bonchev–Trinajstić information content (AvgIpc) is 3.16. The van der Waals surface area contributed by atoms with Crippen LogP contribution in [0.5, 0.6) is 0 Å². The number of nitrogens with zero attached hydrogens (tertiary/aromatic N) is 2. The number of nitrogens with one attached hydrogen (secondary N) is 1. The molecular weight excluding hydrogens is 377 g/mol. The molecule has 1 aromatic carbocycles. The van der Waals surface area contributed by atoms with E-state index >= 15 is 0 Å². The average molecular weight is 394 g/mol. The predicted molar refractivity (Wildman–Crippen MR) is 104 cm³/mol. The third-order valence-electron chi connectivity index (χ3n) is 3.35. The summed E-state index contributed by atoms with van der Waals surface area (Å²) in [6.07, 6.45) is 0. The highest BCUT2D eigenvalue weighted by molar-refractivity contribution is 7.13. The van der Waals surface area contributed by atoms with Gasteiger partial charge >= 0.3 is 0 Å². The van der Waals surface area contributed by atoms with Gasteiger partial charge in [0.25, 0.3) is 5.91 Å². The second kappa shape index (κ2) is 6.83. The largest absolute Gasteiger partial charge is 0.346 e. The van der Waals surface area contributed by atoms with Gasteiger partial charge in [0.05, 0.1) is 20.6 Å². The van der Waals surface area contributed by atoms with Crippen molar-refractivity contribution < 1.29 is 4.79 Å². The lowest BCUT2D eigenvalue weighted by molar-refractivity contribution is 0.0911. The normalized spacial score (nSPS) is 11.6. The third kappa shape index (κ3) is 4.06. The van der Waals surface area contributed by atoms with E-state index in [-0.39, 0.29) is 11.4 Å². The van der Waals surface area contributed by atoms with Crippen molar-refractivity contribution in [2.45, 2.75) is 26.3 Å². The molecule has 0 saturated carbocycles. The van der Waals surface area contributed by atoms with Crippen LogP contribution in [-0.2, 0) is 0 Å². The molecule has 0 unspecified atom stereocenters. The van der Waals surface area contributed by atoms with Crippen molar-refractivity contribution >= 4 is 40.4 Å². The maximum absolute atomic E-state index is 12.8. The quantitative estimate of drug-likeness (QED) is 0.643. The molecule has 0 aliphatic heterocycles. The van der Waals surface area contributed by atoms with E-state index in [0.29, 0.717) is 21.4 Å². The van der Waals surface area contributed by atoms with Gasteiger partial charge in [-0.25, -0.2) is 4.68 Å².